The van der Waals surface area contributed by atoms with Crippen LogP contribution in [-0.2, 0) is 11.2 Å². The number of nitro groups is 1. The average molecular weight is 315 g/mol. The Bertz CT molecular complexity index is 773. The van der Waals surface area contributed by atoms with Crippen molar-refractivity contribution in [1.82, 2.24) is 5.43 Å². The van der Waals surface area contributed by atoms with Gasteiger partial charge in [-0.1, -0.05) is 12.1 Å². The molecule has 0 saturated carbocycles. The number of rotatable bonds is 5. The predicted octanol–water partition coefficient (Wildman–Crippen LogP) is 1.70. The number of non-ortho nitro benzene ring substituents is 1. The van der Waals surface area contributed by atoms with E-state index in [1.54, 1.807) is 6.07 Å². The zero-order valence-electron chi connectivity index (χ0n) is 11.8. The highest BCUT2D eigenvalue weighted by Gasteiger charge is 2.08. The van der Waals surface area contributed by atoms with Crippen molar-refractivity contribution in [3.63, 3.8) is 0 Å². The molecule has 23 heavy (non-hydrogen) atoms. The Hall–Kier alpha value is -3.42. The molecule has 0 saturated heterocycles. The van der Waals surface area contributed by atoms with Crippen LogP contribution >= 0.6 is 0 Å². The molecule has 118 valence electrons. The first-order chi connectivity index (χ1) is 11.0. The lowest BCUT2D eigenvalue weighted by molar-refractivity contribution is -0.384. The number of phenols is 2. The Balaban J connectivity index is 1.96. The van der Waals surface area contributed by atoms with E-state index in [1.807, 2.05) is 0 Å². The second-order valence-electron chi connectivity index (χ2n) is 4.64. The van der Waals surface area contributed by atoms with E-state index < -0.39 is 10.8 Å². The Kier molecular flexibility index (Phi) is 4.88. The summed E-state index contributed by atoms with van der Waals surface area (Å²) in [6.45, 7) is 0. The quantitative estimate of drug-likeness (QED) is 0.440. The van der Waals surface area contributed by atoms with Gasteiger partial charge in [0.1, 0.15) is 11.5 Å². The van der Waals surface area contributed by atoms with E-state index in [0.717, 1.165) is 6.07 Å². The molecule has 0 spiro atoms. The van der Waals surface area contributed by atoms with Gasteiger partial charge in [0.05, 0.1) is 17.6 Å². The van der Waals surface area contributed by atoms with E-state index in [1.165, 1.54) is 36.5 Å². The molecule has 0 aliphatic rings. The predicted molar refractivity (Wildman–Crippen MR) is 82.3 cm³/mol. The van der Waals surface area contributed by atoms with Crippen LogP contribution in [0.3, 0.4) is 0 Å². The van der Waals surface area contributed by atoms with Crippen LogP contribution in [0.4, 0.5) is 5.69 Å². The van der Waals surface area contributed by atoms with Crippen LogP contribution in [-0.4, -0.2) is 27.3 Å². The zero-order valence-corrected chi connectivity index (χ0v) is 11.8. The smallest absolute Gasteiger partial charge is 0.269 e. The van der Waals surface area contributed by atoms with Crippen LogP contribution in [0.5, 0.6) is 11.5 Å². The third-order valence-corrected chi connectivity index (χ3v) is 2.89. The summed E-state index contributed by atoms with van der Waals surface area (Å²) in [5, 5.41) is 33.1. The molecule has 0 heterocycles. The van der Waals surface area contributed by atoms with E-state index in [-0.39, 0.29) is 23.6 Å². The standard InChI is InChI=1S/C15H13N3O5/c19-13-5-4-11(14(20)8-13)9-16-17-15(21)7-10-2-1-3-12(6-10)18(22)23/h1-6,8-9,19-20H,7H2,(H,17,21)/b16-9+. The highest BCUT2D eigenvalue weighted by Crippen LogP contribution is 2.20. The summed E-state index contributed by atoms with van der Waals surface area (Å²) < 4.78 is 0. The topological polar surface area (TPSA) is 125 Å². The molecule has 2 aromatic rings. The SMILES string of the molecule is O=C(Cc1cccc([N+](=O)[O-])c1)N/N=C/c1ccc(O)cc1O. The number of amides is 1. The lowest BCUT2D eigenvalue weighted by Gasteiger charge is -2.01. The van der Waals surface area contributed by atoms with Gasteiger partial charge < -0.3 is 10.2 Å². The van der Waals surface area contributed by atoms with Crippen LogP contribution < -0.4 is 5.43 Å². The minimum atomic E-state index is -0.535. The summed E-state index contributed by atoms with van der Waals surface area (Å²) in [6.07, 6.45) is 1.15. The molecule has 1 amide bonds. The van der Waals surface area contributed by atoms with E-state index in [4.69, 9.17) is 5.11 Å². The maximum atomic E-state index is 11.7. The van der Waals surface area contributed by atoms with Gasteiger partial charge >= 0.3 is 0 Å². The van der Waals surface area contributed by atoms with Crippen molar-refractivity contribution in [2.24, 2.45) is 5.10 Å². The minimum Gasteiger partial charge on any atom is -0.508 e. The summed E-state index contributed by atoms with van der Waals surface area (Å²) in [5.74, 6) is -0.726. The van der Waals surface area contributed by atoms with Crippen LogP contribution in [0.25, 0.3) is 0 Å². The number of phenolic OH excluding ortho intramolecular Hbond substituents is 2. The summed E-state index contributed by atoms with van der Waals surface area (Å²) >= 11 is 0. The number of hydrogen-bond donors (Lipinski definition) is 3. The molecule has 0 fully saturated rings. The van der Waals surface area contributed by atoms with Gasteiger partial charge in [-0.05, 0) is 17.7 Å². The number of nitrogens with zero attached hydrogens (tertiary/aromatic N) is 2. The average Bonchev–Trinajstić information content (AvgIpc) is 2.49. The highest BCUT2D eigenvalue weighted by molar-refractivity contribution is 5.85. The number of carbonyl (C=O) groups excluding carboxylic acids is 1. The van der Waals surface area contributed by atoms with Gasteiger partial charge in [-0.25, -0.2) is 5.43 Å². The van der Waals surface area contributed by atoms with Crippen molar-refractivity contribution in [2.75, 3.05) is 0 Å². The molecular weight excluding hydrogens is 302 g/mol. The Morgan fingerprint density at radius 2 is 2.04 bits per heavy atom. The summed E-state index contributed by atoms with van der Waals surface area (Å²) in [4.78, 5) is 21.9. The van der Waals surface area contributed by atoms with Crippen LogP contribution in [0, 0.1) is 10.1 Å². The number of hydrogen-bond acceptors (Lipinski definition) is 6. The second-order valence-corrected chi connectivity index (χ2v) is 4.64. The molecular formula is C15H13N3O5. The van der Waals surface area contributed by atoms with Crippen LogP contribution in [0.1, 0.15) is 11.1 Å². The Morgan fingerprint density at radius 3 is 2.74 bits per heavy atom. The van der Waals surface area contributed by atoms with Gasteiger partial charge in [0, 0.05) is 23.8 Å². The monoisotopic (exact) mass is 315 g/mol. The van der Waals surface area contributed by atoms with E-state index in [9.17, 15) is 20.0 Å². The van der Waals surface area contributed by atoms with Gasteiger partial charge in [-0.3, -0.25) is 14.9 Å². The molecule has 0 radical (unpaired) electrons. The van der Waals surface area contributed by atoms with Crippen molar-refractivity contribution in [3.8, 4) is 11.5 Å². The summed E-state index contributed by atoms with van der Waals surface area (Å²) in [5.41, 5.74) is 2.97. The first kappa shape index (κ1) is 16.0. The van der Waals surface area contributed by atoms with Gasteiger partial charge in [-0.2, -0.15) is 5.10 Å². The molecule has 2 aromatic carbocycles. The normalized spacial score (nSPS) is 10.6. The van der Waals surface area contributed by atoms with Crippen LogP contribution in [0.15, 0.2) is 47.6 Å². The highest BCUT2D eigenvalue weighted by atomic mass is 16.6. The molecule has 0 unspecified atom stereocenters. The fraction of sp³-hybridized carbons (Fsp3) is 0.0667. The number of benzene rings is 2. The number of carbonyl (C=O) groups is 1. The number of nitro benzene ring substituents is 1. The molecule has 0 bridgehead atoms. The van der Waals surface area contributed by atoms with Crippen molar-refractivity contribution in [2.45, 2.75) is 6.42 Å². The van der Waals surface area contributed by atoms with Gasteiger partial charge in [0.2, 0.25) is 5.91 Å². The minimum absolute atomic E-state index is 0.0689. The Morgan fingerprint density at radius 1 is 1.26 bits per heavy atom. The molecule has 0 atom stereocenters. The van der Waals surface area contributed by atoms with Crippen molar-refractivity contribution in [3.05, 3.63) is 63.7 Å². The maximum Gasteiger partial charge on any atom is 0.269 e. The Labute approximate surface area is 130 Å². The van der Waals surface area contributed by atoms with E-state index in [0.29, 0.717) is 11.1 Å². The third kappa shape index (κ3) is 4.53. The molecule has 0 aromatic heterocycles. The third-order valence-electron chi connectivity index (χ3n) is 2.89. The second kappa shape index (κ2) is 7.03. The van der Waals surface area contributed by atoms with Crippen molar-refractivity contribution >= 4 is 17.8 Å². The summed E-state index contributed by atoms with van der Waals surface area (Å²) in [6, 6.07) is 9.70. The first-order valence-electron chi connectivity index (χ1n) is 6.53. The number of aromatic hydroxyl groups is 2. The fourth-order valence-corrected chi connectivity index (χ4v) is 1.82. The lowest BCUT2D eigenvalue weighted by atomic mass is 10.1. The number of hydrazone groups is 1. The summed E-state index contributed by atoms with van der Waals surface area (Å²) in [7, 11) is 0. The number of nitrogens with one attached hydrogen (secondary N) is 1. The van der Waals surface area contributed by atoms with Gasteiger partial charge in [-0.15, -0.1) is 0 Å². The van der Waals surface area contributed by atoms with Crippen molar-refractivity contribution < 1.29 is 19.9 Å². The van der Waals surface area contributed by atoms with Crippen LogP contribution in [0.2, 0.25) is 0 Å². The molecule has 8 heteroatoms. The van der Waals surface area contributed by atoms with Gasteiger partial charge in [0.25, 0.3) is 5.69 Å². The first-order valence-corrected chi connectivity index (χ1v) is 6.53. The van der Waals surface area contributed by atoms with Crippen molar-refractivity contribution in [1.29, 1.82) is 0 Å². The molecule has 2 rings (SSSR count). The van der Waals surface area contributed by atoms with E-state index >= 15 is 0 Å². The van der Waals surface area contributed by atoms with Gasteiger partial charge in [0.15, 0.2) is 0 Å². The zero-order chi connectivity index (χ0) is 16.8. The fourth-order valence-electron chi connectivity index (χ4n) is 1.82. The maximum absolute atomic E-state index is 11.7. The molecule has 3 N–H and O–H groups in total. The molecule has 8 nitrogen and oxygen atoms in total. The lowest BCUT2D eigenvalue weighted by Crippen LogP contribution is -2.19. The largest absolute Gasteiger partial charge is 0.508 e. The molecule has 0 aliphatic carbocycles. The van der Waals surface area contributed by atoms with E-state index in [2.05, 4.69) is 10.5 Å². The molecule has 0 aliphatic heterocycles.